The molecule has 0 amide bonds. The molecule has 130 valence electrons. The normalized spacial score (nSPS) is 11.9. The van der Waals surface area contributed by atoms with Crippen LogP contribution in [0.4, 0.5) is 0 Å². The van der Waals surface area contributed by atoms with Gasteiger partial charge in [-0.2, -0.15) is 9.50 Å². The number of aromatic nitrogens is 5. The molecule has 0 saturated heterocycles. The molecule has 7 nitrogen and oxygen atoms in total. The second kappa shape index (κ2) is 7.71. The molecule has 0 unspecified atom stereocenters. The van der Waals surface area contributed by atoms with Gasteiger partial charge in [-0.25, -0.2) is 4.98 Å². The smallest absolute Gasteiger partial charge is 0.235 e. The molecule has 25 heavy (non-hydrogen) atoms. The maximum Gasteiger partial charge on any atom is 0.235 e. The van der Waals surface area contributed by atoms with Crippen molar-refractivity contribution in [3.8, 4) is 0 Å². The quantitative estimate of drug-likeness (QED) is 0.217. The van der Waals surface area contributed by atoms with Crippen LogP contribution in [0.5, 0.6) is 0 Å². The highest BCUT2D eigenvalue weighted by Crippen LogP contribution is 2.14. The summed E-state index contributed by atoms with van der Waals surface area (Å²) in [6.45, 7) is 6.53. The molecule has 0 aliphatic carbocycles. The molecule has 0 N–H and O–H groups in total. The van der Waals surface area contributed by atoms with Gasteiger partial charge >= 0.3 is 0 Å². The maximum absolute atomic E-state index is 5.86. The largest absolute Gasteiger partial charge is 0.390 e. The lowest BCUT2D eigenvalue weighted by Crippen LogP contribution is -2.22. The van der Waals surface area contributed by atoms with Gasteiger partial charge in [-0.3, -0.25) is 0 Å². The van der Waals surface area contributed by atoms with Crippen molar-refractivity contribution in [1.29, 1.82) is 0 Å². The number of hydrogen-bond donors (Lipinski definition) is 0. The molecule has 0 fully saturated rings. The SMILES string of the molecule is C=CCON=c1cc(C)n(Cc2ccc(Cl)nc2)c2nc(SC)nn12. The molecular formula is C16H17ClN6OS. The summed E-state index contributed by atoms with van der Waals surface area (Å²) in [6, 6.07) is 5.61. The van der Waals surface area contributed by atoms with E-state index >= 15 is 0 Å². The third-order valence-corrected chi connectivity index (χ3v) is 4.22. The Morgan fingerprint density at radius 1 is 1.44 bits per heavy atom. The molecule has 0 bridgehead atoms. The average Bonchev–Trinajstić information content (AvgIpc) is 3.04. The van der Waals surface area contributed by atoms with Gasteiger partial charge < -0.3 is 9.40 Å². The van der Waals surface area contributed by atoms with Crippen LogP contribution >= 0.6 is 23.4 Å². The molecular weight excluding hydrogens is 360 g/mol. The van der Waals surface area contributed by atoms with Crippen LogP contribution in [0.15, 0.2) is 47.4 Å². The van der Waals surface area contributed by atoms with E-state index in [2.05, 4.69) is 26.8 Å². The molecule has 0 atom stereocenters. The van der Waals surface area contributed by atoms with Crippen LogP contribution in [0.1, 0.15) is 11.3 Å². The summed E-state index contributed by atoms with van der Waals surface area (Å²) in [4.78, 5) is 13.9. The Morgan fingerprint density at radius 2 is 2.28 bits per heavy atom. The van der Waals surface area contributed by atoms with Crippen molar-refractivity contribution in [2.75, 3.05) is 12.9 Å². The van der Waals surface area contributed by atoms with Crippen molar-refractivity contribution in [1.82, 2.24) is 24.1 Å². The summed E-state index contributed by atoms with van der Waals surface area (Å²) in [5.74, 6) is 0.681. The summed E-state index contributed by atoms with van der Waals surface area (Å²) < 4.78 is 3.72. The van der Waals surface area contributed by atoms with E-state index in [1.807, 2.05) is 29.9 Å². The highest BCUT2D eigenvalue weighted by atomic mass is 35.5. The van der Waals surface area contributed by atoms with Gasteiger partial charge in [0.25, 0.3) is 0 Å². The summed E-state index contributed by atoms with van der Waals surface area (Å²) in [6.07, 6.45) is 5.32. The third-order valence-electron chi connectivity index (χ3n) is 3.46. The molecule has 0 aliphatic rings. The number of rotatable bonds is 6. The lowest BCUT2D eigenvalue weighted by atomic mass is 10.2. The molecule has 0 radical (unpaired) electrons. The molecule has 3 aromatic heterocycles. The summed E-state index contributed by atoms with van der Waals surface area (Å²) in [5.41, 5.74) is 2.57. The molecule has 0 saturated carbocycles. The minimum absolute atomic E-state index is 0.329. The number of fused-ring (bicyclic) bond motifs is 1. The minimum Gasteiger partial charge on any atom is -0.390 e. The number of hydrogen-bond acceptors (Lipinski definition) is 6. The topological polar surface area (TPSA) is 69.6 Å². The number of nitrogens with zero attached hydrogens (tertiary/aromatic N) is 6. The van der Waals surface area contributed by atoms with Crippen LogP contribution in [0.2, 0.25) is 5.15 Å². The van der Waals surface area contributed by atoms with Crippen LogP contribution in [0, 0.1) is 6.92 Å². The van der Waals surface area contributed by atoms with Crippen molar-refractivity contribution in [3.05, 3.63) is 58.9 Å². The molecule has 9 heteroatoms. The predicted molar refractivity (Wildman–Crippen MR) is 97.6 cm³/mol. The van der Waals surface area contributed by atoms with Crippen molar-refractivity contribution >= 4 is 29.1 Å². The van der Waals surface area contributed by atoms with Gasteiger partial charge in [-0.05, 0) is 24.8 Å². The fourth-order valence-electron chi connectivity index (χ4n) is 2.28. The summed E-state index contributed by atoms with van der Waals surface area (Å²) in [7, 11) is 0. The fourth-order valence-corrected chi connectivity index (χ4v) is 2.73. The van der Waals surface area contributed by atoms with Gasteiger partial charge in [0.2, 0.25) is 10.9 Å². The van der Waals surface area contributed by atoms with E-state index in [1.54, 1.807) is 22.9 Å². The zero-order chi connectivity index (χ0) is 17.8. The Kier molecular flexibility index (Phi) is 5.40. The molecule has 3 heterocycles. The fraction of sp³-hybridized carbons (Fsp3) is 0.250. The first-order valence-corrected chi connectivity index (χ1v) is 9.11. The lowest BCUT2D eigenvalue weighted by molar-refractivity contribution is 0.160. The molecule has 0 aliphatic heterocycles. The first-order valence-electron chi connectivity index (χ1n) is 7.51. The highest BCUT2D eigenvalue weighted by molar-refractivity contribution is 7.98. The van der Waals surface area contributed by atoms with Crippen molar-refractivity contribution in [2.24, 2.45) is 5.16 Å². The zero-order valence-corrected chi connectivity index (χ0v) is 15.5. The Hall–Kier alpha value is -2.32. The Morgan fingerprint density at radius 3 is 2.96 bits per heavy atom. The number of halogens is 1. The Labute approximate surface area is 154 Å². The van der Waals surface area contributed by atoms with Gasteiger partial charge in [-0.15, -0.1) is 5.10 Å². The summed E-state index contributed by atoms with van der Waals surface area (Å²) in [5, 5.41) is 9.74. The second-order valence-corrected chi connectivity index (χ2v) is 6.37. The highest BCUT2D eigenvalue weighted by Gasteiger charge is 2.12. The van der Waals surface area contributed by atoms with Crippen LogP contribution in [0.3, 0.4) is 0 Å². The average molecular weight is 377 g/mol. The van der Waals surface area contributed by atoms with Crippen LogP contribution < -0.4 is 5.49 Å². The predicted octanol–water partition coefficient (Wildman–Crippen LogP) is 2.68. The zero-order valence-electron chi connectivity index (χ0n) is 13.9. The van der Waals surface area contributed by atoms with Gasteiger partial charge in [0.15, 0.2) is 5.49 Å². The second-order valence-electron chi connectivity index (χ2n) is 5.21. The van der Waals surface area contributed by atoms with Crippen LogP contribution in [-0.4, -0.2) is 37.0 Å². The lowest BCUT2D eigenvalue weighted by Gasteiger charge is -2.12. The van der Waals surface area contributed by atoms with Crippen molar-refractivity contribution in [2.45, 2.75) is 18.6 Å². The van der Waals surface area contributed by atoms with Crippen molar-refractivity contribution < 1.29 is 4.84 Å². The van der Waals surface area contributed by atoms with E-state index < -0.39 is 0 Å². The number of thioether (sulfide) groups is 1. The van der Waals surface area contributed by atoms with E-state index in [0.717, 1.165) is 11.3 Å². The molecule has 3 rings (SSSR count). The van der Waals surface area contributed by atoms with E-state index in [-0.39, 0.29) is 0 Å². The molecule has 0 spiro atoms. The first kappa shape index (κ1) is 17.5. The third kappa shape index (κ3) is 3.85. The monoisotopic (exact) mass is 376 g/mol. The molecule has 3 aromatic rings. The summed E-state index contributed by atoms with van der Waals surface area (Å²) >= 11 is 7.33. The van der Waals surface area contributed by atoms with Gasteiger partial charge in [0.1, 0.15) is 11.8 Å². The van der Waals surface area contributed by atoms with Gasteiger partial charge in [-0.1, -0.05) is 47.2 Å². The number of pyridine rings is 1. The number of aryl methyl sites for hydroxylation is 1. The van der Waals surface area contributed by atoms with Gasteiger partial charge in [0.05, 0.1) is 6.54 Å². The van der Waals surface area contributed by atoms with E-state index in [9.17, 15) is 0 Å². The molecule has 0 aromatic carbocycles. The van der Waals surface area contributed by atoms with Crippen LogP contribution in [0.25, 0.3) is 5.78 Å². The van der Waals surface area contributed by atoms with E-state index in [0.29, 0.717) is 34.7 Å². The Balaban J connectivity index is 2.12. The maximum atomic E-state index is 5.86. The van der Waals surface area contributed by atoms with E-state index in [4.69, 9.17) is 16.4 Å². The Bertz CT molecular complexity index is 963. The standard InChI is InChI=1S/C16H17ClN6OS/c1-4-7-24-21-14-8-11(2)22(10-12-5-6-13(17)18-9-12)16-19-15(25-3)20-23(14)16/h4-6,8-9H,1,7,10H2,2-3H3. The first-order chi connectivity index (χ1) is 12.1. The van der Waals surface area contributed by atoms with Gasteiger partial charge in [0, 0.05) is 18.0 Å². The van der Waals surface area contributed by atoms with E-state index in [1.165, 1.54) is 11.8 Å². The van der Waals surface area contributed by atoms with Crippen molar-refractivity contribution in [3.63, 3.8) is 0 Å². The minimum atomic E-state index is 0.329. The van der Waals surface area contributed by atoms with Crippen LogP contribution in [-0.2, 0) is 11.4 Å².